The van der Waals surface area contributed by atoms with Crippen molar-refractivity contribution in [1.29, 1.82) is 0 Å². The number of rotatable bonds is 7. The number of amides is 2. The summed E-state index contributed by atoms with van der Waals surface area (Å²) in [6, 6.07) is 17.7. The maximum absolute atomic E-state index is 13.9. The fraction of sp³-hybridized carbons (Fsp3) is 0.0833. The summed E-state index contributed by atoms with van der Waals surface area (Å²) in [6.45, 7) is -0.183. The van der Waals surface area contributed by atoms with Gasteiger partial charge in [-0.1, -0.05) is 30.3 Å². The van der Waals surface area contributed by atoms with E-state index in [9.17, 15) is 22.4 Å². The van der Waals surface area contributed by atoms with E-state index in [-0.39, 0.29) is 27.7 Å². The van der Waals surface area contributed by atoms with Crippen LogP contribution in [-0.4, -0.2) is 31.6 Å². The largest absolute Gasteiger partial charge is 0.497 e. The Balaban J connectivity index is 1.52. The van der Waals surface area contributed by atoms with Gasteiger partial charge in [-0.25, -0.2) is 4.39 Å². The molecule has 1 aliphatic heterocycles. The molecule has 174 valence electrons. The lowest BCUT2D eigenvalue weighted by Gasteiger charge is -2.12. The third-order valence-electron chi connectivity index (χ3n) is 4.87. The maximum atomic E-state index is 13.9. The van der Waals surface area contributed by atoms with E-state index >= 15 is 0 Å². The van der Waals surface area contributed by atoms with Crippen molar-refractivity contribution in [3.8, 4) is 11.5 Å². The average Bonchev–Trinajstić information content (AvgIpc) is 3.07. The van der Waals surface area contributed by atoms with Crippen LogP contribution in [0.3, 0.4) is 0 Å². The van der Waals surface area contributed by atoms with Gasteiger partial charge in [-0.15, -0.1) is 0 Å². The Hall–Kier alpha value is -3.63. The lowest BCUT2D eigenvalue weighted by molar-refractivity contribution is -0.123. The van der Waals surface area contributed by atoms with E-state index in [4.69, 9.17) is 8.92 Å². The molecular weight excluding hydrogens is 481 g/mol. The van der Waals surface area contributed by atoms with Crippen LogP contribution in [0, 0.1) is 5.82 Å². The van der Waals surface area contributed by atoms with Gasteiger partial charge in [0.25, 0.3) is 11.1 Å². The molecule has 1 fully saturated rings. The Labute approximate surface area is 199 Å². The highest BCUT2D eigenvalue weighted by atomic mass is 32.2. The van der Waals surface area contributed by atoms with Gasteiger partial charge >= 0.3 is 10.1 Å². The summed E-state index contributed by atoms with van der Waals surface area (Å²) >= 11 is 0.726. The fourth-order valence-corrected chi connectivity index (χ4v) is 4.92. The van der Waals surface area contributed by atoms with Crippen LogP contribution in [0.2, 0.25) is 0 Å². The van der Waals surface area contributed by atoms with Crippen molar-refractivity contribution >= 4 is 39.1 Å². The molecule has 0 radical (unpaired) electrons. The molecule has 0 spiro atoms. The molecule has 3 aromatic rings. The van der Waals surface area contributed by atoms with E-state index in [0.29, 0.717) is 11.3 Å². The van der Waals surface area contributed by atoms with Crippen LogP contribution in [-0.2, 0) is 21.5 Å². The van der Waals surface area contributed by atoms with Crippen molar-refractivity contribution < 1.29 is 31.3 Å². The summed E-state index contributed by atoms with van der Waals surface area (Å²) in [4.78, 5) is 26.1. The van der Waals surface area contributed by atoms with Gasteiger partial charge in [-0.05, 0) is 65.9 Å². The van der Waals surface area contributed by atoms with Gasteiger partial charge in [0.05, 0.1) is 18.6 Å². The van der Waals surface area contributed by atoms with Crippen molar-refractivity contribution in [2.75, 3.05) is 7.11 Å². The Morgan fingerprint density at radius 3 is 2.41 bits per heavy atom. The third-order valence-corrected chi connectivity index (χ3v) is 7.04. The van der Waals surface area contributed by atoms with Crippen LogP contribution in [0.15, 0.2) is 82.6 Å². The van der Waals surface area contributed by atoms with Crippen molar-refractivity contribution in [3.05, 3.63) is 94.6 Å². The van der Waals surface area contributed by atoms with Crippen LogP contribution in [0.25, 0.3) is 6.08 Å². The van der Waals surface area contributed by atoms with Crippen molar-refractivity contribution in [2.24, 2.45) is 0 Å². The predicted molar refractivity (Wildman–Crippen MR) is 125 cm³/mol. The number of ether oxygens (including phenoxy) is 1. The van der Waals surface area contributed by atoms with E-state index in [1.165, 1.54) is 67.8 Å². The molecule has 34 heavy (non-hydrogen) atoms. The number of benzene rings is 3. The van der Waals surface area contributed by atoms with Gasteiger partial charge in [0.15, 0.2) is 0 Å². The topological polar surface area (TPSA) is 90.0 Å². The first kappa shape index (κ1) is 23.5. The van der Waals surface area contributed by atoms with E-state index in [0.717, 1.165) is 16.7 Å². The number of carbonyl (C=O) groups is 2. The SMILES string of the molecule is COc1ccc(S(=O)(=O)Oc2cccc(/C=C3\SC(=O)N(Cc4ccccc4F)C3=O)c2)cc1. The first-order chi connectivity index (χ1) is 16.3. The van der Waals surface area contributed by atoms with Crippen molar-refractivity contribution in [2.45, 2.75) is 11.4 Å². The number of hydrogen-bond acceptors (Lipinski definition) is 7. The average molecular weight is 500 g/mol. The molecule has 10 heteroatoms. The second-order valence-corrected chi connectivity index (χ2v) is 9.68. The molecule has 0 bridgehead atoms. The number of nitrogens with zero attached hydrogens (tertiary/aromatic N) is 1. The standard InChI is InChI=1S/C24H18FNO6S2/c1-31-18-9-11-20(12-10-18)34(29,30)32-19-7-4-5-16(13-19)14-22-23(27)26(24(28)33-22)15-17-6-2-3-8-21(17)25/h2-14H,15H2,1H3/b22-14-. The number of methoxy groups -OCH3 is 1. The lowest BCUT2D eigenvalue weighted by Crippen LogP contribution is -2.27. The highest BCUT2D eigenvalue weighted by molar-refractivity contribution is 8.18. The minimum atomic E-state index is -4.10. The second-order valence-electron chi connectivity index (χ2n) is 7.14. The molecule has 1 aliphatic rings. The number of imide groups is 1. The second kappa shape index (κ2) is 9.70. The van der Waals surface area contributed by atoms with E-state index < -0.39 is 27.1 Å². The fourth-order valence-electron chi connectivity index (χ4n) is 3.16. The summed E-state index contributed by atoms with van der Waals surface area (Å²) in [7, 11) is -2.62. The van der Waals surface area contributed by atoms with Crippen LogP contribution in [0.4, 0.5) is 9.18 Å². The van der Waals surface area contributed by atoms with Gasteiger partial charge in [-0.3, -0.25) is 14.5 Å². The minimum absolute atomic E-state index is 0.0372. The number of hydrogen-bond donors (Lipinski definition) is 0. The van der Waals surface area contributed by atoms with E-state index in [1.807, 2.05) is 0 Å². The Kier molecular flexibility index (Phi) is 6.71. The predicted octanol–water partition coefficient (Wildman–Crippen LogP) is 4.84. The Bertz CT molecular complexity index is 1390. The summed E-state index contributed by atoms with van der Waals surface area (Å²) in [5.41, 5.74) is 0.684. The molecule has 0 unspecified atom stereocenters. The Morgan fingerprint density at radius 2 is 1.71 bits per heavy atom. The number of thioether (sulfide) groups is 1. The number of halogens is 1. The van der Waals surface area contributed by atoms with Crippen LogP contribution < -0.4 is 8.92 Å². The third kappa shape index (κ3) is 5.13. The van der Waals surface area contributed by atoms with Gasteiger partial charge < -0.3 is 8.92 Å². The zero-order chi connectivity index (χ0) is 24.3. The van der Waals surface area contributed by atoms with Crippen LogP contribution >= 0.6 is 11.8 Å². The summed E-state index contributed by atoms with van der Waals surface area (Å²) < 4.78 is 49.3. The lowest BCUT2D eigenvalue weighted by atomic mass is 10.2. The van der Waals surface area contributed by atoms with Crippen molar-refractivity contribution in [1.82, 2.24) is 4.90 Å². The van der Waals surface area contributed by atoms with Gasteiger partial charge in [-0.2, -0.15) is 8.42 Å². The molecule has 7 nitrogen and oxygen atoms in total. The molecule has 2 amide bonds. The zero-order valence-electron chi connectivity index (χ0n) is 17.8. The molecule has 0 saturated carbocycles. The summed E-state index contributed by atoms with van der Waals surface area (Å²) in [5.74, 6) is -0.524. The summed E-state index contributed by atoms with van der Waals surface area (Å²) in [6.07, 6.45) is 1.46. The first-order valence-corrected chi connectivity index (χ1v) is 12.2. The van der Waals surface area contributed by atoms with E-state index in [2.05, 4.69) is 0 Å². The molecule has 1 heterocycles. The van der Waals surface area contributed by atoms with Gasteiger partial charge in [0, 0.05) is 5.56 Å². The highest BCUT2D eigenvalue weighted by Gasteiger charge is 2.35. The quantitative estimate of drug-likeness (QED) is 0.339. The van der Waals surface area contributed by atoms with Gasteiger partial charge in [0.1, 0.15) is 22.2 Å². The molecule has 0 aliphatic carbocycles. The first-order valence-electron chi connectivity index (χ1n) is 9.94. The van der Waals surface area contributed by atoms with E-state index in [1.54, 1.807) is 18.2 Å². The minimum Gasteiger partial charge on any atom is -0.497 e. The smallest absolute Gasteiger partial charge is 0.339 e. The van der Waals surface area contributed by atoms with Crippen molar-refractivity contribution in [3.63, 3.8) is 0 Å². The molecule has 4 rings (SSSR count). The monoisotopic (exact) mass is 499 g/mol. The summed E-state index contributed by atoms with van der Waals surface area (Å²) in [5, 5.41) is -0.519. The molecule has 0 aromatic heterocycles. The van der Waals surface area contributed by atoms with Crippen LogP contribution in [0.5, 0.6) is 11.5 Å². The molecule has 1 saturated heterocycles. The highest BCUT2D eigenvalue weighted by Crippen LogP contribution is 2.34. The Morgan fingerprint density at radius 1 is 0.971 bits per heavy atom. The van der Waals surface area contributed by atoms with Gasteiger partial charge in [0.2, 0.25) is 0 Å². The zero-order valence-corrected chi connectivity index (χ0v) is 19.4. The molecule has 3 aromatic carbocycles. The molecular formula is C24H18FNO6S2. The molecule has 0 N–H and O–H groups in total. The maximum Gasteiger partial charge on any atom is 0.339 e. The van der Waals surface area contributed by atoms with Crippen LogP contribution in [0.1, 0.15) is 11.1 Å². The number of carbonyl (C=O) groups excluding carboxylic acids is 2. The molecule has 0 atom stereocenters. The normalized spacial score (nSPS) is 15.1.